The number of anilines is 1. The molecule has 0 spiro atoms. The zero-order valence-electron chi connectivity index (χ0n) is 14.4. The highest BCUT2D eigenvalue weighted by atomic mass is 32.2. The van der Waals surface area contributed by atoms with Gasteiger partial charge in [0.1, 0.15) is 16.2 Å². The van der Waals surface area contributed by atoms with Crippen LogP contribution in [-0.4, -0.2) is 28.9 Å². The average molecular weight is 402 g/mol. The van der Waals surface area contributed by atoms with Crippen LogP contribution >= 0.6 is 0 Å². The molecule has 0 heterocycles. The normalized spacial score (nSPS) is 11.4. The number of nitro groups is 1. The number of hydrogen-bond acceptors (Lipinski definition) is 6. The van der Waals surface area contributed by atoms with Crippen LogP contribution in [0.5, 0.6) is 5.75 Å². The second-order valence-corrected chi connectivity index (χ2v) is 7.41. The molecule has 9 nitrogen and oxygen atoms in total. The Morgan fingerprint density at radius 2 is 1.86 bits per heavy atom. The van der Waals surface area contributed by atoms with E-state index in [1.165, 1.54) is 42.5 Å². The number of benzene rings is 3. The number of hydrogen-bond donors (Lipinski definition) is 3. The van der Waals surface area contributed by atoms with E-state index in [9.17, 15) is 33.0 Å². The Morgan fingerprint density at radius 3 is 2.50 bits per heavy atom. The van der Waals surface area contributed by atoms with Crippen molar-refractivity contribution in [2.45, 2.75) is 11.8 Å². The second-order valence-electron chi connectivity index (χ2n) is 6.02. The van der Waals surface area contributed by atoms with Gasteiger partial charge < -0.3 is 10.4 Å². The van der Waals surface area contributed by atoms with Gasteiger partial charge in [0.2, 0.25) is 0 Å². The van der Waals surface area contributed by atoms with Gasteiger partial charge in [0, 0.05) is 16.8 Å². The van der Waals surface area contributed by atoms with Crippen molar-refractivity contribution in [3.05, 3.63) is 69.8 Å². The molecule has 0 bridgehead atoms. The summed E-state index contributed by atoms with van der Waals surface area (Å²) < 4.78 is 32.5. The fourth-order valence-corrected chi connectivity index (χ4v) is 3.56. The van der Waals surface area contributed by atoms with E-state index in [0.29, 0.717) is 5.56 Å². The number of amides is 1. The minimum Gasteiger partial charge on any atom is -0.507 e. The summed E-state index contributed by atoms with van der Waals surface area (Å²) in [5.74, 6) is -1.14. The van der Waals surface area contributed by atoms with E-state index < -0.39 is 31.5 Å². The van der Waals surface area contributed by atoms with Gasteiger partial charge in [-0.1, -0.05) is 18.2 Å². The predicted octanol–water partition coefficient (Wildman–Crippen LogP) is 3.26. The first-order valence-corrected chi connectivity index (χ1v) is 9.32. The third-order valence-electron chi connectivity index (χ3n) is 4.10. The maximum atomic E-state index is 12.7. The fourth-order valence-electron chi connectivity index (χ4n) is 2.87. The molecule has 0 unspecified atom stereocenters. The van der Waals surface area contributed by atoms with Crippen molar-refractivity contribution in [1.82, 2.24) is 0 Å². The maximum absolute atomic E-state index is 12.7. The number of aryl methyl sites for hydroxylation is 1. The molecule has 0 saturated carbocycles. The molecule has 0 aliphatic heterocycles. The van der Waals surface area contributed by atoms with Crippen LogP contribution in [0, 0.1) is 17.0 Å². The lowest BCUT2D eigenvalue weighted by atomic mass is 10.1. The van der Waals surface area contributed by atoms with Crippen molar-refractivity contribution < 1.29 is 27.8 Å². The molecule has 144 valence electrons. The van der Waals surface area contributed by atoms with Gasteiger partial charge >= 0.3 is 0 Å². The van der Waals surface area contributed by atoms with E-state index in [1.54, 1.807) is 6.92 Å². The van der Waals surface area contributed by atoms with Gasteiger partial charge in [-0.25, -0.2) is 0 Å². The van der Waals surface area contributed by atoms with Crippen LogP contribution in [0.3, 0.4) is 0 Å². The molecule has 3 aromatic rings. The quantitative estimate of drug-likeness (QED) is 0.345. The van der Waals surface area contributed by atoms with Crippen LogP contribution in [-0.2, 0) is 10.1 Å². The van der Waals surface area contributed by atoms with Crippen LogP contribution in [0.15, 0.2) is 53.4 Å². The second kappa shape index (κ2) is 6.91. The molecule has 0 radical (unpaired) electrons. The largest absolute Gasteiger partial charge is 0.507 e. The number of carbonyl (C=O) groups is 1. The molecule has 0 aliphatic carbocycles. The summed E-state index contributed by atoms with van der Waals surface area (Å²) >= 11 is 0. The Labute approximate surface area is 159 Å². The Balaban J connectivity index is 2.16. The van der Waals surface area contributed by atoms with Crippen molar-refractivity contribution in [2.75, 3.05) is 5.32 Å². The van der Waals surface area contributed by atoms with Crippen LogP contribution in [0.25, 0.3) is 10.8 Å². The first-order valence-electron chi connectivity index (χ1n) is 7.88. The highest BCUT2D eigenvalue weighted by molar-refractivity contribution is 7.86. The van der Waals surface area contributed by atoms with E-state index in [0.717, 1.165) is 6.07 Å². The predicted molar refractivity (Wildman–Crippen MR) is 101 cm³/mol. The van der Waals surface area contributed by atoms with Crippen molar-refractivity contribution in [3.8, 4) is 5.75 Å². The number of aromatic hydroxyl groups is 1. The van der Waals surface area contributed by atoms with Crippen molar-refractivity contribution in [1.29, 1.82) is 0 Å². The van der Waals surface area contributed by atoms with Gasteiger partial charge in [-0.3, -0.25) is 19.5 Å². The molecule has 10 heteroatoms. The summed E-state index contributed by atoms with van der Waals surface area (Å²) in [4.78, 5) is 22.7. The number of nitrogens with one attached hydrogen (secondary N) is 1. The summed E-state index contributed by atoms with van der Waals surface area (Å²) in [5, 5.41) is 23.8. The number of fused-ring (bicyclic) bond motifs is 1. The number of phenols is 1. The summed E-state index contributed by atoms with van der Waals surface area (Å²) in [6, 6.07) is 10.3. The Kier molecular flexibility index (Phi) is 4.75. The summed E-state index contributed by atoms with van der Waals surface area (Å²) in [6.45, 7) is 1.67. The lowest BCUT2D eigenvalue weighted by molar-refractivity contribution is -0.385. The maximum Gasteiger partial charge on any atom is 0.295 e. The summed E-state index contributed by atoms with van der Waals surface area (Å²) in [7, 11) is -4.58. The van der Waals surface area contributed by atoms with E-state index in [-0.39, 0.29) is 27.8 Å². The molecule has 28 heavy (non-hydrogen) atoms. The molecule has 0 aliphatic rings. The third kappa shape index (κ3) is 3.50. The van der Waals surface area contributed by atoms with Crippen molar-refractivity contribution in [3.63, 3.8) is 0 Å². The molecule has 3 N–H and O–H groups in total. The first kappa shape index (κ1) is 19.3. The summed E-state index contributed by atoms with van der Waals surface area (Å²) in [5.41, 5.74) is 0.0742. The number of phenolic OH excluding ortho intramolecular Hbond substituents is 1. The number of carbonyl (C=O) groups excluding carboxylic acids is 1. The third-order valence-corrected chi connectivity index (χ3v) is 5.01. The zero-order chi connectivity index (χ0) is 20.6. The van der Waals surface area contributed by atoms with Gasteiger partial charge in [0.05, 0.1) is 10.6 Å². The molecule has 0 aromatic heterocycles. The average Bonchev–Trinajstić information content (AvgIpc) is 2.60. The van der Waals surface area contributed by atoms with Crippen LogP contribution in [0.4, 0.5) is 11.4 Å². The van der Waals surface area contributed by atoms with Gasteiger partial charge in [-0.05, 0) is 36.8 Å². The standard InChI is InChI=1S/C18H14N2O7S/c1-10-5-7-14(20(23)24)12(9-10)18(22)19-13-6-8-16(28(25,26)27)11-3-2-4-15(21)17(11)13/h2-9,21H,1H3,(H,19,22)(H,25,26,27). The van der Waals surface area contributed by atoms with E-state index in [4.69, 9.17) is 0 Å². The minimum absolute atomic E-state index is 0.0148. The minimum atomic E-state index is -4.58. The molecule has 0 saturated heterocycles. The van der Waals surface area contributed by atoms with Crippen LogP contribution in [0.1, 0.15) is 15.9 Å². The van der Waals surface area contributed by atoms with Crippen molar-refractivity contribution in [2.24, 2.45) is 0 Å². The Morgan fingerprint density at radius 1 is 1.14 bits per heavy atom. The van der Waals surface area contributed by atoms with Crippen molar-refractivity contribution >= 4 is 38.2 Å². The van der Waals surface area contributed by atoms with Gasteiger partial charge in [0.25, 0.3) is 21.7 Å². The molecular formula is C18H14N2O7S. The number of nitrogens with zero attached hydrogens (tertiary/aromatic N) is 1. The fraction of sp³-hybridized carbons (Fsp3) is 0.0556. The topological polar surface area (TPSA) is 147 Å². The van der Waals surface area contributed by atoms with E-state index in [1.807, 2.05) is 0 Å². The van der Waals surface area contributed by atoms with E-state index >= 15 is 0 Å². The molecule has 0 atom stereocenters. The monoisotopic (exact) mass is 402 g/mol. The lowest BCUT2D eigenvalue weighted by Crippen LogP contribution is -2.15. The highest BCUT2D eigenvalue weighted by Crippen LogP contribution is 2.36. The SMILES string of the molecule is Cc1ccc([N+](=O)[O-])c(C(=O)Nc2ccc(S(=O)(=O)O)c3cccc(O)c23)c1. The Bertz CT molecular complexity index is 1240. The highest BCUT2D eigenvalue weighted by Gasteiger charge is 2.23. The van der Waals surface area contributed by atoms with Gasteiger partial charge in [0.15, 0.2) is 0 Å². The smallest absolute Gasteiger partial charge is 0.295 e. The number of rotatable bonds is 4. The van der Waals surface area contributed by atoms with E-state index in [2.05, 4.69) is 5.32 Å². The first-order chi connectivity index (χ1) is 13.1. The molecule has 0 fully saturated rings. The molecular weight excluding hydrogens is 388 g/mol. The molecule has 3 rings (SSSR count). The lowest BCUT2D eigenvalue weighted by Gasteiger charge is -2.13. The molecule has 3 aromatic carbocycles. The van der Waals surface area contributed by atoms with Crippen LogP contribution < -0.4 is 5.32 Å². The zero-order valence-corrected chi connectivity index (χ0v) is 15.2. The van der Waals surface area contributed by atoms with Crippen LogP contribution in [0.2, 0.25) is 0 Å². The Hall–Kier alpha value is -3.50. The van der Waals surface area contributed by atoms with Gasteiger partial charge in [-0.15, -0.1) is 0 Å². The number of nitro benzene ring substituents is 1. The van der Waals surface area contributed by atoms with Gasteiger partial charge in [-0.2, -0.15) is 8.42 Å². The molecule has 1 amide bonds. The summed E-state index contributed by atoms with van der Waals surface area (Å²) in [6.07, 6.45) is 0.